The number of unbranched alkanes of at least 4 members (excludes halogenated alkanes) is 1. The molecule has 1 N–H and O–H groups in total. The number of rotatable bonds is 15. The number of carbonyl (C=O) groups is 2. The molecule has 0 aliphatic carbocycles. The van der Waals surface area contributed by atoms with Crippen LogP contribution in [0.1, 0.15) is 37.7 Å². The van der Waals surface area contributed by atoms with Crippen molar-refractivity contribution in [3.8, 4) is 23.0 Å². The predicted octanol–water partition coefficient (Wildman–Crippen LogP) is 3.55. The molecule has 0 spiro atoms. The van der Waals surface area contributed by atoms with Gasteiger partial charge >= 0.3 is 5.97 Å². The van der Waals surface area contributed by atoms with Gasteiger partial charge in [-0.3, -0.25) is 14.5 Å². The molecule has 2 aliphatic rings. The van der Waals surface area contributed by atoms with Gasteiger partial charge in [0.25, 0.3) is 0 Å². The maximum Gasteiger partial charge on any atom is 0.308 e. The first-order chi connectivity index (χ1) is 19.8. The van der Waals surface area contributed by atoms with Gasteiger partial charge in [-0.05, 0) is 63.3 Å². The summed E-state index contributed by atoms with van der Waals surface area (Å²) in [4.78, 5) is 32.5. The highest BCUT2D eigenvalue weighted by molar-refractivity contribution is 5.79. The van der Waals surface area contributed by atoms with Crippen LogP contribution >= 0.6 is 0 Å². The molecule has 0 aromatic heterocycles. The SMILES string of the molecule is CCCCN(CCCN(C)C)C(=O)CN1CC(c2ccc3c(c2)OCO3)C(C(=O)O)C1COc1ccccc1OC. The van der Waals surface area contributed by atoms with Crippen LogP contribution in [0.4, 0.5) is 0 Å². The van der Waals surface area contributed by atoms with Crippen molar-refractivity contribution in [3.63, 3.8) is 0 Å². The molecule has 2 aromatic carbocycles. The predicted molar refractivity (Wildman–Crippen MR) is 155 cm³/mol. The van der Waals surface area contributed by atoms with E-state index in [-0.39, 0.29) is 31.8 Å². The van der Waals surface area contributed by atoms with E-state index >= 15 is 0 Å². The van der Waals surface area contributed by atoms with Crippen LogP contribution in [0, 0.1) is 5.92 Å². The summed E-state index contributed by atoms with van der Waals surface area (Å²) in [6, 6.07) is 12.3. The Morgan fingerprint density at radius 1 is 1.02 bits per heavy atom. The van der Waals surface area contributed by atoms with Crippen LogP contribution in [0.25, 0.3) is 0 Å². The molecule has 224 valence electrons. The third-order valence-electron chi connectivity index (χ3n) is 7.84. The fourth-order valence-electron chi connectivity index (χ4n) is 5.66. The molecule has 2 aliphatic heterocycles. The third kappa shape index (κ3) is 7.62. The minimum atomic E-state index is -0.926. The Hall–Kier alpha value is -3.50. The molecule has 1 amide bonds. The van der Waals surface area contributed by atoms with Gasteiger partial charge in [-0.25, -0.2) is 0 Å². The highest BCUT2D eigenvalue weighted by Crippen LogP contribution is 2.42. The van der Waals surface area contributed by atoms with Crippen molar-refractivity contribution in [3.05, 3.63) is 48.0 Å². The molecular formula is C31H43N3O7. The summed E-state index contributed by atoms with van der Waals surface area (Å²) < 4.78 is 22.7. The summed E-state index contributed by atoms with van der Waals surface area (Å²) in [5.41, 5.74) is 0.840. The maximum absolute atomic E-state index is 13.7. The van der Waals surface area contributed by atoms with Gasteiger partial charge in [0.05, 0.1) is 25.6 Å². The van der Waals surface area contributed by atoms with Gasteiger partial charge < -0.3 is 33.9 Å². The van der Waals surface area contributed by atoms with E-state index in [1.807, 2.05) is 54.2 Å². The van der Waals surface area contributed by atoms with E-state index < -0.39 is 17.9 Å². The Kier molecular flexibility index (Phi) is 10.7. The van der Waals surface area contributed by atoms with Crippen molar-refractivity contribution in [2.45, 2.75) is 38.1 Å². The van der Waals surface area contributed by atoms with Gasteiger partial charge in [0.2, 0.25) is 12.7 Å². The largest absolute Gasteiger partial charge is 0.493 e. The molecule has 0 radical (unpaired) electrons. The second kappa shape index (κ2) is 14.4. The molecule has 0 bridgehead atoms. The molecule has 3 unspecified atom stereocenters. The standard InChI is InChI=1S/C31H43N3O7/c1-5-6-15-33(16-9-14-32(2)3)29(35)19-34-18-23(22-12-13-27-28(17-22)41-21-40-27)30(31(36)37)24(34)20-39-26-11-8-7-10-25(26)38-4/h7-8,10-13,17,23-24,30H,5-6,9,14-16,18-21H2,1-4H3,(H,36,37). The second-order valence-electron chi connectivity index (χ2n) is 10.9. The second-order valence-corrected chi connectivity index (χ2v) is 10.9. The minimum Gasteiger partial charge on any atom is -0.493 e. The normalized spacial score (nSPS) is 19.9. The number of carboxylic acid groups (broad SMARTS) is 1. The number of fused-ring (bicyclic) bond motifs is 1. The van der Waals surface area contributed by atoms with Crippen LogP contribution in [0.15, 0.2) is 42.5 Å². The average Bonchev–Trinajstić information content (AvgIpc) is 3.57. The lowest BCUT2D eigenvalue weighted by Crippen LogP contribution is -2.47. The number of amides is 1. The van der Waals surface area contributed by atoms with Gasteiger partial charge in [-0.15, -0.1) is 0 Å². The van der Waals surface area contributed by atoms with Crippen LogP contribution < -0.4 is 18.9 Å². The molecule has 1 fully saturated rings. The minimum absolute atomic E-state index is 0.00923. The topological polar surface area (TPSA) is 101 Å². The molecule has 2 aromatic rings. The molecule has 4 rings (SSSR count). The Bertz CT molecular complexity index is 1170. The number of benzene rings is 2. The van der Waals surface area contributed by atoms with E-state index in [9.17, 15) is 14.7 Å². The van der Waals surface area contributed by atoms with Crippen molar-refractivity contribution < 1.29 is 33.6 Å². The number of carbonyl (C=O) groups excluding carboxylic acids is 1. The molecule has 10 nitrogen and oxygen atoms in total. The van der Waals surface area contributed by atoms with E-state index in [1.54, 1.807) is 19.2 Å². The van der Waals surface area contributed by atoms with Crippen LogP contribution in [-0.4, -0.2) is 105 Å². The summed E-state index contributed by atoms with van der Waals surface area (Å²) in [6.45, 7) is 5.13. The monoisotopic (exact) mass is 569 g/mol. The lowest BCUT2D eigenvalue weighted by molar-refractivity contribution is -0.144. The van der Waals surface area contributed by atoms with Crippen molar-refractivity contribution in [1.29, 1.82) is 0 Å². The Labute approximate surface area is 242 Å². The number of likely N-dealkylation sites (tertiary alicyclic amines) is 1. The molecule has 0 saturated carbocycles. The number of ether oxygens (including phenoxy) is 4. The number of methoxy groups -OCH3 is 1. The number of para-hydroxylation sites is 2. The van der Waals surface area contributed by atoms with Gasteiger partial charge in [0.15, 0.2) is 23.0 Å². The summed E-state index contributed by atoms with van der Waals surface area (Å²) >= 11 is 0. The smallest absolute Gasteiger partial charge is 0.308 e. The van der Waals surface area contributed by atoms with Crippen molar-refractivity contribution >= 4 is 11.9 Å². The number of hydrogen-bond donors (Lipinski definition) is 1. The summed E-state index contributed by atoms with van der Waals surface area (Å²) in [5, 5.41) is 10.5. The van der Waals surface area contributed by atoms with Gasteiger partial charge in [0, 0.05) is 25.6 Å². The van der Waals surface area contributed by atoms with Gasteiger partial charge in [-0.2, -0.15) is 0 Å². The molecule has 41 heavy (non-hydrogen) atoms. The highest BCUT2D eigenvalue weighted by atomic mass is 16.7. The lowest BCUT2D eigenvalue weighted by Gasteiger charge is -2.30. The van der Waals surface area contributed by atoms with E-state index in [2.05, 4.69) is 11.8 Å². The Morgan fingerprint density at radius 3 is 2.46 bits per heavy atom. The zero-order chi connectivity index (χ0) is 29.4. The van der Waals surface area contributed by atoms with Gasteiger partial charge in [-0.1, -0.05) is 31.5 Å². The van der Waals surface area contributed by atoms with E-state index in [0.29, 0.717) is 42.6 Å². The number of carboxylic acids is 1. The zero-order valence-electron chi connectivity index (χ0n) is 24.6. The van der Waals surface area contributed by atoms with Crippen LogP contribution in [0.5, 0.6) is 23.0 Å². The third-order valence-corrected chi connectivity index (χ3v) is 7.84. The Balaban J connectivity index is 1.59. The fraction of sp³-hybridized carbons (Fsp3) is 0.548. The summed E-state index contributed by atoms with van der Waals surface area (Å²) in [5.74, 6) is 0.277. The first-order valence-electron chi connectivity index (χ1n) is 14.4. The van der Waals surface area contributed by atoms with Crippen molar-refractivity contribution in [1.82, 2.24) is 14.7 Å². The van der Waals surface area contributed by atoms with E-state index in [0.717, 1.165) is 31.4 Å². The summed E-state index contributed by atoms with van der Waals surface area (Å²) in [7, 11) is 5.62. The van der Waals surface area contributed by atoms with Gasteiger partial charge in [0.1, 0.15) is 6.61 Å². The molecule has 1 saturated heterocycles. The van der Waals surface area contributed by atoms with E-state index in [4.69, 9.17) is 18.9 Å². The average molecular weight is 570 g/mol. The number of nitrogens with zero attached hydrogens (tertiary/aromatic N) is 3. The number of aliphatic carboxylic acids is 1. The first kappa shape index (κ1) is 30.5. The van der Waals surface area contributed by atoms with Crippen molar-refractivity contribution in [2.24, 2.45) is 5.92 Å². The van der Waals surface area contributed by atoms with Crippen LogP contribution in [-0.2, 0) is 9.59 Å². The molecule has 2 heterocycles. The highest BCUT2D eigenvalue weighted by Gasteiger charge is 2.48. The molecule has 3 atom stereocenters. The lowest BCUT2D eigenvalue weighted by atomic mass is 9.85. The zero-order valence-corrected chi connectivity index (χ0v) is 24.6. The Morgan fingerprint density at radius 2 is 1.76 bits per heavy atom. The maximum atomic E-state index is 13.7. The molecule has 10 heteroatoms. The number of hydrogen-bond acceptors (Lipinski definition) is 8. The van der Waals surface area contributed by atoms with Crippen LogP contribution in [0.3, 0.4) is 0 Å². The quantitative estimate of drug-likeness (QED) is 0.345. The van der Waals surface area contributed by atoms with Crippen molar-refractivity contribution in [2.75, 3.05) is 67.3 Å². The molecular weight excluding hydrogens is 526 g/mol. The summed E-state index contributed by atoms with van der Waals surface area (Å²) in [6.07, 6.45) is 2.79. The van der Waals surface area contributed by atoms with E-state index in [1.165, 1.54) is 0 Å². The first-order valence-corrected chi connectivity index (χ1v) is 14.4. The fourth-order valence-corrected chi connectivity index (χ4v) is 5.66. The van der Waals surface area contributed by atoms with Crippen LogP contribution in [0.2, 0.25) is 0 Å².